The Balaban J connectivity index is 2.44. The van der Waals surface area contributed by atoms with Gasteiger partial charge in [0.1, 0.15) is 5.82 Å². The second-order valence-electron chi connectivity index (χ2n) is 3.76. The number of hydrogen-bond acceptors (Lipinski definition) is 3. The topological polar surface area (TPSA) is 37.8 Å². The van der Waals surface area contributed by atoms with E-state index < -0.39 is 0 Å². The molecule has 1 aromatic rings. The molecule has 0 aromatic carbocycles. The quantitative estimate of drug-likeness (QED) is 0.765. The van der Waals surface area contributed by atoms with Crippen molar-refractivity contribution in [1.29, 1.82) is 0 Å². The van der Waals surface area contributed by atoms with Gasteiger partial charge in [0.2, 0.25) is 0 Å². The highest BCUT2D eigenvalue weighted by molar-refractivity contribution is 4.89. The van der Waals surface area contributed by atoms with E-state index in [2.05, 4.69) is 36.1 Å². The van der Waals surface area contributed by atoms with Crippen LogP contribution in [0.1, 0.15) is 33.0 Å². The summed E-state index contributed by atoms with van der Waals surface area (Å²) in [6, 6.07) is 1.83. The maximum Gasteiger partial charge on any atom is 0.141 e. The van der Waals surface area contributed by atoms with Crippen LogP contribution in [0.5, 0.6) is 0 Å². The van der Waals surface area contributed by atoms with Crippen LogP contribution in [0.4, 0.5) is 0 Å². The summed E-state index contributed by atoms with van der Waals surface area (Å²) in [5.74, 6) is 0.851. The first-order valence-corrected chi connectivity index (χ1v) is 4.65. The zero-order valence-electron chi connectivity index (χ0n) is 8.54. The molecule has 0 atom stereocenters. The lowest BCUT2D eigenvalue weighted by Crippen LogP contribution is -2.38. The zero-order valence-corrected chi connectivity index (χ0v) is 8.54. The van der Waals surface area contributed by atoms with Crippen LogP contribution in [0.3, 0.4) is 0 Å². The SMILES string of the molecule is CCC(C)(C)NCc1ncccn1. The van der Waals surface area contributed by atoms with E-state index in [9.17, 15) is 0 Å². The van der Waals surface area contributed by atoms with Crippen molar-refractivity contribution in [2.45, 2.75) is 39.3 Å². The Kier molecular flexibility index (Phi) is 3.37. The molecule has 3 nitrogen and oxygen atoms in total. The van der Waals surface area contributed by atoms with E-state index in [-0.39, 0.29) is 5.54 Å². The highest BCUT2D eigenvalue weighted by atomic mass is 15.0. The first-order valence-electron chi connectivity index (χ1n) is 4.65. The molecule has 0 spiro atoms. The molecule has 0 fully saturated rings. The largest absolute Gasteiger partial charge is 0.305 e. The van der Waals surface area contributed by atoms with Crippen molar-refractivity contribution in [3.05, 3.63) is 24.3 Å². The molecular weight excluding hydrogens is 162 g/mol. The number of rotatable bonds is 4. The Morgan fingerprint density at radius 1 is 1.31 bits per heavy atom. The van der Waals surface area contributed by atoms with Gasteiger partial charge in [0.25, 0.3) is 0 Å². The summed E-state index contributed by atoms with van der Waals surface area (Å²) in [6.07, 6.45) is 4.63. The third kappa shape index (κ3) is 3.51. The summed E-state index contributed by atoms with van der Waals surface area (Å²) < 4.78 is 0. The fourth-order valence-electron chi connectivity index (χ4n) is 0.865. The lowest BCUT2D eigenvalue weighted by molar-refractivity contribution is 0.369. The molecule has 0 radical (unpaired) electrons. The van der Waals surface area contributed by atoms with Crippen molar-refractivity contribution in [2.24, 2.45) is 0 Å². The fourth-order valence-corrected chi connectivity index (χ4v) is 0.865. The highest BCUT2D eigenvalue weighted by Gasteiger charge is 2.13. The third-order valence-corrected chi connectivity index (χ3v) is 2.23. The lowest BCUT2D eigenvalue weighted by Gasteiger charge is -2.23. The molecule has 0 aliphatic carbocycles. The second kappa shape index (κ2) is 4.33. The molecular formula is C10H17N3. The summed E-state index contributed by atoms with van der Waals surface area (Å²) >= 11 is 0. The van der Waals surface area contributed by atoms with Gasteiger partial charge in [-0.05, 0) is 26.3 Å². The zero-order chi connectivity index (χ0) is 9.73. The lowest BCUT2D eigenvalue weighted by atomic mass is 10.0. The van der Waals surface area contributed by atoms with E-state index in [1.165, 1.54) is 0 Å². The van der Waals surface area contributed by atoms with E-state index in [1.807, 2.05) is 6.07 Å². The van der Waals surface area contributed by atoms with Crippen LogP contribution < -0.4 is 5.32 Å². The molecule has 1 aromatic heterocycles. The van der Waals surface area contributed by atoms with Crippen molar-refractivity contribution in [1.82, 2.24) is 15.3 Å². The smallest absolute Gasteiger partial charge is 0.141 e. The summed E-state index contributed by atoms with van der Waals surface area (Å²) in [4.78, 5) is 8.28. The molecule has 0 aliphatic heterocycles. The molecule has 3 heteroatoms. The van der Waals surface area contributed by atoms with Crippen LogP contribution in [0, 0.1) is 0 Å². The van der Waals surface area contributed by atoms with Gasteiger partial charge in [-0.1, -0.05) is 6.92 Å². The summed E-state index contributed by atoms with van der Waals surface area (Å²) in [7, 11) is 0. The maximum atomic E-state index is 4.14. The van der Waals surface area contributed by atoms with Gasteiger partial charge >= 0.3 is 0 Å². The molecule has 0 saturated heterocycles. The van der Waals surface area contributed by atoms with Crippen LogP contribution >= 0.6 is 0 Å². The van der Waals surface area contributed by atoms with Gasteiger partial charge in [-0.3, -0.25) is 0 Å². The third-order valence-electron chi connectivity index (χ3n) is 2.23. The normalized spacial score (nSPS) is 11.6. The summed E-state index contributed by atoms with van der Waals surface area (Å²) in [5.41, 5.74) is 0.166. The van der Waals surface area contributed by atoms with E-state index in [4.69, 9.17) is 0 Å². The second-order valence-corrected chi connectivity index (χ2v) is 3.76. The fraction of sp³-hybridized carbons (Fsp3) is 0.600. The molecule has 1 N–H and O–H groups in total. The predicted molar refractivity (Wildman–Crippen MR) is 53.2 cm³/mol. The first kappa shape index (κ1) is 10.1. The van der Waals surface area contributed by atoms with Gasteiger partial charge < -0.3 is 5.32 Å². The standard InChI is InChI=1S/C10H17N3/c1-4-10(2,3)13-8-9-11-6-5-7-12-9/h5-7,13H,4,8H2,1-3H3. The van der Waals surface area contributed by atoms with Crippen molar-refractivity contribution in [3.63, 3.8) is 0 Å². The minimum absolute atomic E-state index is 0.166. The molecule has 0 saturated carbocycles. The van der Waals surface area contributed by atoms with Gasteiger partial charge in [0.15, 0.2) is 0 Å². The van der Waals surface area contributed by atoms with Crippen LogP contribution in [0.25, 0.3) is 0 Å². The Hall–Kier alpha value is -0.960. The molecule has 1 rings (SSSR count). The Morgan fingerprint density at radius 3 is 2.46 bits per heavy atom. The average Bonchev–Trinajstić information content (AvgIpc) is 2.17. The van der Waals surface area contributed by atoms with Crippen LogP contribution in [-0.4, -0.2) is 15.5 Å². The van der Waals surface area contributed by atoms with Crippen LogP contribution in [0.2, 0.25) is 0 Å². The first-order chi connectivity index (χ1) is 6.14. The van der Waals surface area contributed by atoms with Gasteiger partial charge in [-0.25, -0.2) is 9.97 Å². The number of hydrogen-bond donors (Lipinski definition) is 1. The Labute approximate surface area is 79.6 Å². The van der Waals surface area contributed by atoms with E-state index in [1.54, 1.807) is 12.4 Å². The number of nitrogens with one attached hydrogen (secondary N) is 1. The molecule has 0 bridgehead atoms. The molecule has 1 heterocycles. The molecule has 0 aliphatic rings. The molecule has 13 heavy (non-hydrogen) atoms. The Bertz CT molecular complexity index is 244. The van der Waals surface area contributed by atoms with Gasteiger partial charge in [-0.2, -0.15) is 0 Å². The van der Waals surface area contributed by atoms with E-state index in [0.717, 1.165) is 18.8 Å². The maximum absolute atomic E-state index is 4.14. The Morgan fingerprint density at radius 2 is 1.92 bits per heavy atom. The van der Waals surface area contributed by atoms with E-state index >= 15 is 0 Å². The van der Waals surface area contributed by atoms with Crippen LogP contribution in [-0.2, 0) is 6.54 Å². The monoisotopic (exact) mass is 179 g/mol. The summed E-state index contributed by atoms with van der Waals surface area (Å²) in [6.45, 7) is 7.26. The number of nitrogens with zero attached hydrogens (tertiary/aromatic N) is 2. The minimum Gasteiger partial charge on any atom is -0.305 e. The molecule has 0 unspecified atom stereocenters. The molecule has 72 valence electrons. The van der Waals surface area contributed by atoms with E-state index in [0.29, 0.717) is 0 Å². The van der Waals surface area contributed by atoms with Crippen molar-refractivity contribution >= 4 is 0 Å². The summed E-state index contributed by atoms with van der Waals surface area (Å²) in [5, 5.41) is 3.40. The predicted octanol–water partition coefficient (Wildman–Crippen LogP) is 1.75. The van der Waals surface area contributed by atoms with Crippen molar-refractivity contribution in [3.8, 4) is 0 Å². The minimum atomic E-state index is 0.166. The van der Waals surface area contributed by atoms with Crippen LogP contribution in [0.15, 0.2) is 18.5 Å². The van der Waals surface area contributed by atoms with Gasteiger partial charge in [0.05, 0.1) is 6.54 Å². The molecule has 0 amide bonds. The average molecular weight is 179 g/mol. The van der Waals surface area contributed by atoms with Crippen molar-refractivity contribution in [2.75, 3.05) is 0 Å². The highest BCUT2D eigenvalue weighted by Crippen LogP contribution is 2.07. The van der Waals surface area contributed by atoms with Crippen molar-refractivity contribution < 1.29 is 0 Å². The number of aromatic nitrogens is 2. The van der Waals surface area contributed by atoms with Gasteiger partial charge in [0, 0.05) is 17.9 Å². The van der Waals surface area contributed by atoms with Gasteiger partial charge in [-0.15, -0.1) is 0 Å².